The van der Waals surface area contributed by atoms with Crippen LogP contribution in [0.1, 0.15) is 12.0 Å². The van der Waals surface area contributed by atoms with Crippen LogP contribution in [0.15, 0.2) is 28.0 Å². The van der Waals surface area contributed by atoms with Gasteiger partial charge in [0.1, 0.15) is 0 Å². The first-order chi connectivity index (χ1) is 9.12. The molecule has 1 aromatic carbocycles. The lowest BCUT2D eigenvalue weighted by Gasteiger charge is -2.18. The van der Waals surface area contributed by atoms with E-state index in [1.165, 1.54) is 22.5 Å². The highest BCUT2D eigenvalue weighted by Gasteiger charge is 2.32. The van der Waals surface area contributed by atoms with E-state index in [9.17, 15) is 16.8 Å². The average molecular weight is 318 g/mol. The van der Waals surface area contributed by atoms with Crippen molar-refractivity contribution in [2.75, 3.05) is 19.3 Å². The Bertz CT molecular complexity index is 726. The minimum absolute atomic E-state index is 0.00479. The Kier molecular flexibility index (Phi) is 3.94. The Morgan fingerprint density at radius 2 is 1.90 bits per heavy atom. The summed E-state index contributed by atoms with van der Waals surface area (Å²) in [5, 5.41) is 0. The van der Waals surface area contributed by atoms with Crippen molar-refractivity contribution >= 4 is 19.9 Å². The molecule has 6 nitrogen and oxygen atoms in total. The number of sulfone groups is 1. The molecule has 8 heteroatoms. The molecule has 1 aromatic rings. The van der Waals surface area contributed by atoms with Gasteiger partial charge < -0.3 is 5.73 Å². The summed E-state index contributed by atoms with van der Waals surface area (Å²) in [4.78, 5) is 0.0414. The Labute approximate surface area is 119 Å². The second kappa shape index (κ2) is 5.10. The zero-order valence-electron chi connectivity index (χ0n) is 11.4. The van der Waals surface area contributed by atoms with Gasteiger partial charge in [-0.2, -0.15) is 4.31 Å². The van der Waals surface area contributed by atoms with E-state index >= 15 is 0 Å². The fourth-order valence-corrected chi connectivity index (χ4v) is 4.68. The molecule has 0 bridgehead atoms. The molecule has 1 aliphatic heterocycles. The summed E-state index contributed by atoms with van der Waals surface area (Å²) in [7, 11) is -7.14. The van der Waals surface area contributed by atoms with Gasteiger partial charge in [-0.1, -0.05) is 6.07 Å². The van der Waals surface area contributed by atoms with E-state index in [-0.39, 0.29) is 22.4 Å². The number of aryl methyl sites for hydroxylation is 1. The van der Waals surface area contributed by atoms with Crippen LogP contribution in [0.5, 0.6) is 0 Å². The first kappa shape index (κ1) is 15.4. The van der Waals surface area contributed by atoms with Gasteiger partial charge in [-0.15, -0.1) is 0 Å². The first-order valence-corrected chi connectivity index (χ1v) is 9.52. The molecule has 1 fully saturated rings. The molecule has 0 radical (unpaired) electrons. The lowest BCUT2D eigenvalue weighted by Crippen LogP contribution is -2.32. The number of benzene rings is 1. The summed E-state index contributed by atoms with van der Waals surface area (Å²) in [5.41, 5.74) is 6.26. The molecule has 0 aliphatic carbocycles. The van der Waals surface area contributed by atoms with Crippen LogP contribution in [0, 0.1) is 6.92 Å². The summed E-state index contributed by atoms with van der Waals surface area (Å²) in [5.74, 6) is 0. The van der Waals surface area contributed by atoms with E-state index in [2.05, 4.69) is 0 Å². The molecule has 2 N–H and O–H groups in total. The van der Waals surface area contributed by atoms with Crippen molar-refractivity contribution in [1.29, 1.82) is 0 Å². The van der Waals surface area contributed by atoms with Crippen molar-refractivity contribution in [3.05, 3.63) is 23.8 Å². The van der Waals surface area contributed by atoms with Crippen molar-refractivity contribution in [2.45, 2.75) is 29.2 Å². The van der Waals surface area contributed by atoms with E-state index in [0.717, 1.165) is 6.26 Å². The minimum atomic E-state index is -3.70. The highest BCUT2D eigenvalue weighted by Crippen LogP contribution is 2.25. The molecule has 20 heavy (non-hydrogen) atoms. The predicted octanol–water partition coefficient (Wildman–Crippen LogP) is 0.120. The Balaban J connectivity index is 2.52. The topological polar surface area (TPSA) is 97.5 Å². The summed E-state index contributed by atoms with van der Waals surface area (Å²) in [6.45, 7) is 2.28. The zero-order chi connectivity index (χ0) is 15.1. The second-order valence-corrected chi connectivity index (χ2v) is 9.03. The van der Waals surface area contributed by atoms with Gasteiger partial charge in [-0.3, -0.25) is 0 Å². The van der Waals surface area contributed by atoms with E-state index in [4.69, 9.17) is 5.73 Å². The molecule has 0 amide bonds. The lowest BCUT2D eigenvalue weighted by molar-refractivity contribution is 0.472. The minimum Gasteiger partial charge on any atom is -0.326 e. The van der Waals surface area contributed by atoms with Crippen molar-refractivity contribution in [1.82, 2.24) is 4.31 Å². The molecule has 0 aromatic heterocycles. The van der Waals surface area contributed by atoms with Gasteiger partial charge in [0.2, 0.25) is 10.0 Å². The van der Waals surface area contributed by atoms with Gasteiger partial charge in [0.25, 0.3) is 0 Å². The highest BCUT2D eigenvalue weighted by molar-refractivity contribution is 7.91. The standard InChI is InChI=1S/C12H18N2O4S2/c1-9-3-4-11(19(2,15)16)7-12(9)20(17,18)14-6-5-10(13)8-14/h3-4,7,10H,5-6,8,13H2,1-2H3/t10-/m0/s1. The second-order valence-electron chi connectivity index (χ2n) is 5.11. The summed E-state index contributed by atoms with van der Waals surface area (Å²) in [6, 6.07) is 3.99. The van der Waals surface area contributed by atoms with Crippen LogP contribution in [0.4, 0.5) is 0 Å². The fraction of sp³-hybridized carbons (Fsp3) is 0.500. The van der Waals surface area contributed by atoms with Crippen molar-refractivity contribution in [2.24, 2.45) is 5.73 Å². The van der Waals surface area contributed by atoms with Crippen molar-refractivity contribution < 1.29 is 16.8 Å². The van der Waals surface area contributed by atoms with Crippen LogP contribution in [-0.2, 0) is 19.9 Å². The van der Waals surface area contributed by atoms with Crippen LogP contribution < -0.4 is 5.73 Å². The number of nitrogens with two attached hydrogens (primary N) is 1. The molecule has 112 valence electrons. The van der Waals surface area contributed by atoms with Gasteiger partial charge >= 0.3 is 0 Å². The van der Waals surface area contributed by atoms with Crippen LogP contribution in [-0.4, -0.2) is 46.5 Å². The van der Waals surface area contributed by atoms with Crippen LogP contribution in [0.2, 0.25) is 0 Å². The third-order valence-electron chi connectivity index (χ3n) is 3.39. The summed E-state index contributed by atoms with van der Waals surface area (Å²) in [6.07, 6.45) is 1.67. The zero-order valence-corrected chi connectivity index (χ0v) is 13.0. The largest absolute Gasteiger partial charge is 0.326 e. The molecule has 2 rings (SSSR count). The van der Waals surface area contributed by atoms with E-state index in [1.54, 1.807) is 6.92 Å². The Morgan fingerprint density at radius 1 is 1.25 bits per heavy atom. The van der Waals surface area contributed by atoms with Gasteiger partial charge in [-0.25, -0.2) is 16.8 Å². The molecular weight excluding hydrogens is 300 g/mol. The maximum Gasteiger partial charge on any atom is 0.243 e. The van der Waals surface area contributed by atoms with E-state index < -0.39 is 19.9 Å². The molecule has 0 saturated carbocycles. The third kappa shape index (κ3) is 2.88. The molecular formula is C12H18N2O4S2. The summed E-state index contributed by atoms with van der Waals surface area (Å²) < 4.78 is 49.6. The molecule has 1 saturated heterocycles. The van der Waals surface area contributed by atoms with Gasteiger partial charge in [0.15, 0.2) is 9.84 Å². The Hall–Kier alpha value is -0.960. The molecule has 0 unspecified atom stereocenters. The maximum absolute atomic E-state index is 12.6. The predicted molar refractivity (Wildman–Crippen MR) is 75.6 cm³/mol. The summed E-state index contributed by atoms with van der Waals surface area (Å²) >= 11 is 0. The maximum atomic E-state index is 12.6. The van der Waals surface area contributed by atoms with Gasteiger partial charge in [0, 0.05) is 25.4 Å². The fourth-order valence-electron chi connectivity index (χ4n) is 2.20. The highest BCUT2D eigenvalue weighted by atomic mass is 32.2. The number of hydrogen-bond acceptors (Lipinski definition) is 5. The van der Waals surface area contributed by atoms with E-state index in [1.807, 2.05) is 0 Å². The molecule has 1 heterocycles. The van der Waals surface area contributed by atoms with Crippen LogP contribution >= 0.6 is 0 Å². The SMILES string of the molecule is Cc1ccc(S(C)(=O)=O)cc1S(=O)(=O)N1CC[C@H](N)C1. The van der Waals surface area contributed by atoms with Crippen LogP contribution in [0.3, 0.4) is 0 Å². The number of hydrogen-bond donors (Lipinski definition) is 1. The molecule has 0 spiro atoms. The molecule has 1 atom stereocenters. The third-order valence-corrected chi connectivity index (χ3v) is 6.51. The van der Waals surface area contributed by atoms with Gasteiger partial charge in [0.05, 0.1) is 9.79 Å². The number of sulfonamides is 1. The monoisotopic (exact) mass is 318 g/mol. The number of rotatable bonds is 3. The van der Waals surface area contributed by atoms with Crippen LogP contribution in [0.25, 0.3) is 0 Å². The Morgan fingerprint density at radius 3 is 2.40 bits per heavy atom. The smallest absolute Gasteiger partial charge is 0.243 e. The average Bonchev–Trinajstić information content (AvgIpc) is 2.75. The first-order valence-electron chi connectivity index (χ1n) is 6.19. The lowest BCUT2D eigenvalue weighted by atomic mass is 10.2. The van der Waals surface area contributed by atoms with Crippen molar-refractivity contribution in [3.8, 4) is 0 Å². The van der Waals surface area contributed by atoms with E-state index in [0.29, 0.717) is 18.5 Å². The molecule has 1 aliphatic rings. The number of nitrogens with zero attached hydrogens (tertiary/aromatic N) is 1. The normalized spacial score (nSPS) is 21.2. The van der Waals surface area contributed by atoms with Crippen molar-refractivity contribution in [3.63, 3.8) is 0 Å². The van der Waals surface area contributed by atoms with Gasteiger partial charge in [-0.05, 0) is 31.0 Å². The quantitative estimate of drug-likeness (QED) is 0.853.